The normalized spacial score (nSPS) is 12.4. The van der Waals surface area contributed by atoms with Gasteiger partial charge < -0.3 is 5.32 Å². The molecule has 0 aliphatic rings. The number of hydrogen-bond acceptors (Lipinski definition) is 1. The summed E-state index contributed by atoms with van der Waals surface area (Å²) in [6, 6.07) is 12.0. The molecule has 0 fully saturated rings. The summed E-state index contributed by atoms with van der Waals surface area (Å²) in [7, 11) is 0. The Balaban J connectivity index is 2.53. The van der Waals surface area contributed by atoms with E-state index in [-0.39, 0.29) is 6.04 Å². The van der Waals surface area contributed by atoms with Crippen molar-refractivity contribution in [3.05, 3.63) is 67.6 Å². The predicted molar refractivity (Wildman–Crippen MR) is 90.9 cm³/mol. The van der Waals surface area contributed by atoms with Crippen molar-refractivity contribution in [1.29, 1.82) is 0 Å². The molecule has 0 amide bonds. The highest BCUT2D eigenvalue weighted by Gasteiger charge is 2.18. The number of halogens is 3. The maximum absolute atomic E-state index is 6.37. The highest BCUT2D eigenvalue weighted by atomic mass is 79.9. The van der Waals surface area contributed by atoms with E-state index in [2.05, 4.69) is 47.2 Å². The Morgan fingerprint density at radius 3 is 2.50 bits per heavy atom. The van der Waals surface area contributed by atoms with Gasteiger partial charge >= 0.3 is 0 Å². The first-order valence-electron chi connectivity index (χ1n) is 6.47. The maximum Gasteiger partial charge on any atom is 0.0594 e. The minimum Gasteiger partial charge on any atom is -0.306 e. The van der Waals surface area contributed by atoms with Gasteiger partial charge in [0.2, 0.25) is 0 Å². The number of aryl methyl sites for hydroxylation is 1. The van der Waals surface area contributed by atoms with Crippen LogP contribution in [-0.4, -0.2) is 6.54 Å². The second kappa shape index (κ2) is 6.95. The smallest absolute Gasteiger partial charge is 0.0594 e. The average molecular weight is 373 g/mol. The maximum atomic E-state index is 6.37. The quantitative estimate of drug-likeness (QED) is 0.718. The third kappa shape index (κ3) is 3.56. The molecule has 0 saturated carbocycles. The summed E-state index contributed by atoms with van der Waals surface area (Å²) >= 11 is 15.9. The van der Waals surface area contributed by atoms with Crippen molar-refractivity contribution in [1.82, 2.24) is 5.32 Å². The van der Waals surface area contributed by atoms with Gasteiger partial charge in [-0.15, -0.1) is 0 Å². The molecular weight excluding hydrogens is 357 g/mol. The lowest BCUT2D eigenvalue weighted by Gasteiger charge is -2.22. The molecule has 20 heavy (non-hydrogen) atoms. The molecule has 1 unspecified atom stereocenters. The lowest BCUT2D eigenvalue weighted by molar-refractivity contribution is 0.627. The van der Waals surface area contributed by atoms with Crippen LogP contribution in [0.4, 0.5) is 0 Å². The minimum atomic E-state index is 0.0577. The number of rotatable bonds is 4. The zero-order valence-electron chi connectivity index (χ0n) is 11.4. The van der Waals surface area contributed by atoms with Crippen molar-refractivity contribution < 1.29 is 0 Å². The van der Waals surface area contributed by atoms with Gasteiger partial charge in [0, 0.05) is 14.5 Å². The summed E-state index contributed by atoms with van der Waals surface area (Å²) in [5.41, 5.74) is 3.48. The van der Waals surface area contributed by atoms with Crippen LogP contribution in [0, 0.1) is 6.92 Å². The van der Waals surface area contributed by atoms with Crippen LogP contribution in [0.25, 0.3) is 0 Å². The predicted octanol–water partition coefficient (Wildman–Crippen LogP) is 5.76. The standard InChI is InChI=1S/C16H16BrCl2N/c1-3-20-16(13-7-6-12(18)9-15(13)19)14-8-11(17)5-4-10(14)2/h4-9,16,20H,3H2,1-2H3. The van der Waals surface area contributed by atoms with Gasteiger partial charge in [0.15, 0.2) is 0 Å². The summed E-state index contributed by atoms with van der Waals surface area (Å²) < 4.78 is 1.06. The SMILES string of the molecule is CCNC(c1cc(Br)ccc1C)c1ccc(Cl)cc1Cl. The molecule has 1 nitrogen and oxygen atoms in total. The van der Waals surface area contributed by atoms with E-state index < -0.39 is 0 Å². The Hall–Kier alpha value is -0.540. The molecule has 0 aromatic heterocycles. The molecule has 0 bridgehead atoms. The summed E-state index contributed by atoms with van der Waals surface area (Å²) in [4.78, 5) is 0. The van der Waals surface area contributed by atoms with Gasteiger partial charge in [-0.05, 0) is 54.4 Å². The lowest BCUT2D eigenvalue weighted by Crippen LogP contribution is -2.23. The molecule has 1 N–H and O–H groups in total. The third-order valence-electron chi connectivity index (χ3n) is 3.23. The van der Waals surface area contributed by atoms with Crippen LogP contribution in [-0.2, 0) is 0 Å². The van der Waals surface area contributed by atoms with Crippen molar-refractivity contribution in [2.45, 2.75) is 19.9 Å². The molecule has 0 aliphatic heterocycles. The van der Waals surface area contributed by atoms with Gasteiger partial charge in [-0.25, -0.2) is 0 Å². The second-order valence-electron chi connectivity index (χ2n) is 4.66. The van der Waals surface area contributed by atoms with Crippen molar-refractivity contribution >= 4 is 39.1 Å². The van der Waals surface area contributed by atoms with Crippen LogP contribution in [0.3, 0.4) is 0 Å². The van der Waals surface area contributed by atoms with E-state index in [0.29, 0.717) is 10.0 Å². The fraction of sp³-hybridized carbons (Fsp3) is 0.250. The average Bonchev–Trinajstić information content (AvgIpc) is 2.40. The highest BCUT2D eigenvalue weighted by Crippen LogP contribution is 2.33. The Morgan fingerprint density at radius 1 is 1.10 bits per heavy atom. The Bertz CT molecular complexity index is 613. The summed E-state index contributed by atoms with van der Waals surface area (Å²) in [5, 5.41) is 4.83. The van der Waals surface area contributed by atoms with E-state index in [1.807, 2.05) is 18.2 Å². The summed E-state index contributed by atoms with van der Waals surface area (Å²) in [6.45, 7) is 5.05. The van der Waals surface area contributed by atoms with Gasteiger partial charge in [-0.3, -0.25) is 0 Å². The zero-order valence-corrected chi connectivity index (χ0v) is 14.5. The molecule has 4 heteroatoms. The van der Waals surface area contributed by atoms with E-state index in [0.717, 1.165) is 16.6 Å². The molecular formula is C16H16BrCl2N. The van der Waals surface area contributed by atoms with E-state index in [9.17, 15) is 0 Å². The molecule has 0 radical (unpaired) electrons. The fourth-order valence-electron chi connectivity index (χ4n) is 2.25. The van der Waals surface area contributed by atoms with E-state index in [1.54, 1.807) is 6.07 Å². The van der Waals surface area contributed by atoms with Gasteiger partial charge in [-0.2, -0.15) is 0 Å². The van der Waals surface area contributed by atoms with Gasteiger partial charge in [0.05, 0.1) is 6.04 Å². The minimum absolute atomic E-state index is 0.0577. The first-order valence-corrected chi connectivity index (χ1v) is 8.02. The molecule has 0 aliphatic carbocycles. The van der Waals surface area contributed by atoms with Gasteiger partial charge in [-0.1, -0.05) is 58.2 Å². The van der Waals surface area contributed by atoms with E-state index >= 15 is 0 Å². The third-order valence-corrected chi connectivity index (χ3v) is 4.29. The number of benzene rings is 2. The van der Waals surface area contributed by atoms with Crippen LogP contribution in [0.15, 0.2) is 40.9 Å². The van der Waals surface area contributed by atoms with Crippen molar-refractivity contribution in [2.24, 2.45) is 0 Å². The van der Waals surface area contributed by atoms with Crippen LogP contribution in [0.1, 0.15) is 29.7 Å². The molecule has 0 spiro atoms. The molecule has 2 rings (SSSR count). The van der Waals surface area contributed by atoms with E-state index in [4.69, 9.17) is 23.2 Å². The first kappa shape index (κ1) is 15.8. The highest BCUT2D eigenvalue weighted by molar-refractivity contribution is 9.10. The van der Waals surface area contributed by atoms with Crippen molar-refractivity contribution in [3.8, 4) is 0 Å². The summed E-state index contributed by atoms with van der Waals surface area (Å²) in [6.07, 6.45) is 0. The van der Waals surface area contributed by atoms with Crippen LogP contribution < -0.4 is 5.32 Å². The largest absolute Gasteiger partial charge is 0.306 e. The summed E-state index contributed by atoms with van der Waals surface area (Å²) in [5.74, 6) is 0. The fourth-order valence-corrected chi connectivity index (χ4v) is 3.15. The monoisotopic (exact) mass is 371 g/mol. The Kier molecular flexibility index (Phi) is 5.50. The van der Waals surface area contributed by atoms with Crippen LogP contribution in [0.5, 0.6) is 0 Å². The van der Waals surface area contributed by atoms with Gasteiger partial charge in [0.25, 0.3) is 0 Å². The van der Waals surface area contributed by atoms with Gasteiger partial charge in [0.1, 0.15) is 0 Å². The molecule has 0 heterocycles. The topological polar surface area (TPSA) is 12.0 Å². The van der Waals surface area contributed by atoms with Crippen LogP contribution >= 0.6 is 39.1 Å². The van der Waals surface area contributed by atoms with Crippen molar-refractivity contribution in [3.63, 3.8) is 0 Å². The molecule has 2 aromatic rings. The van der Waals surface area contributed by atoms with Crippen LogP contribution in [0.2, 0.25) is 10.0 Å². The first-order chi connectivity index (χ1) is 9.52. The number of hydrogen-bond donors (Lipinski definition) is 1. The molecule has 2 aromatic carbocycles. The van der Waals surface area contributed by atoms with Crippen molar-refractivity contribution in [2.75, 3.05) is 6.54 Å². The molecule has 0 saturated heterocycles. The van der Waals surface area contributed by atoms with E-state index in [1.165, 1.54) is 11.1 Å². The lowest BCUT2D eigenvalue weighted by atomic mass is 9.95. The molecule has 1 atom stereocenters. The molecule has 106 valence electrons. The Morgan fingerprint density at radius 2 is 1.85 bits per heavy atom. The Labute approximate surface area is 138 Å². The number of nitrogens with one attached hydrogen (secondary N) is 1. The second-order valence-corrected chi connectivity index (χ2v) is 6.42. The zero-order chi connectivity index (χ0) is 14.7.